The van der Waals surface area contributed by atoms with Crippen molar-refractivity contribution in [2.45, 2.75) is 25.5 Å². The summed E-state index contributed by atoms with van der Waals surface area (Å²) in [6.45, 7) is 2.24. The van der Waals surface area contributed by atoms with Crippen molar-refractivity contribution >= 4 is 0 Å². The minimum absolute atomic E-state index is 0.0938. The predicted octanol–water partition coefficient (Wildman–Crippen LogP) is 2.95. The molecule has 7 heteroatoms. The van der Waals surface area contributed by atoms with Crippen molar-refractivity contribution in [1.29, 1.82) is 0 Å². The minimum atomic E-state index is -0.372. The summed E-state index contributed by atoms with van der Waals surface area (Å²) in [6, 6.07) is 10.0. The highest BCUT2D eigenvalue weighted by molar-refractivity contribution is 5.53. The van der Waals surface area contributed by atoms with Gasteiger partial charge in [-0.3, -0.25) is 4.90 Å². The Kier molecular flexibility index (Phi) is 4.33. The molecule has 0 bridgehead atoms. The molecule has 1 aromatic carbocycles. The molecule has 4 rings (SSSR count). The molecular formula is C18H18FN3O3. The van der Waals surface area contributed by atoms with Gasteiger partial charge in [0.15, 0.2) is 0 Å². The summed E-state index contributed by atoms with van der Waals surface area (Å²) >= 11 is 0. The molecule has 3 aromatic rings. The van der Waals surface area contributed by atoms with E-state index in [4.69, 9.17) is 13.9 Å². The topological polar surface area (TPSA) is 75.5 Å². The monoisotopic (exact) mass is 343 g/mol. The quantitative estimate of drug-likeness (QED) is 0.768. The molecule has 0 aliphatic carbocycles. The molecule has 130 valence electrons. The van der Waals surface area contributed by atoms with Gasteiger partial charge in [0.05, 0.1) is 18.0 Å². The Labute approximate surface area is 143 Å². The Hall–Kier alpha value is -2.51. The van der Waals surface area contributed by atoms with Gasteiger partial charge in [-0.1, -0.05) is 12.1 Å². The van der Waals surface area contributed by atoms with E-state index in [9.17, 15) is 4.39 Å². The average Bonchev–Trinajstić information content (AvgIpc) is 3.35. The first-order chi connectivity index (χ1) is 12.2. The molecule has 1 N–H and O–H groups in total. The Balaban J connectivity index is 1.43. The van der Waals surface area contributed by atoms with Gasteiger partial charge in [-0.25, -0.2) is 4.39 Å². The van der Waals surface area contributed by atoms with Crippen molar-refractivity contribution in [2.24, 2.45) is 0 Å². The van der Waals surface area contributed by atoms with E-state index in [0.717, 1.165) is 25.3 Å². The summed E-state index contributed by atoms with van der Waals surface area (Å²) in [5.41, 5.74) is 0.322. The van der Waals surface area contributed by atoms with Crippen LogP contribution in [-0.2, 0) is 13.2 Å². The number of hydrogen-bond donors (Lipinski definition) is 1. The van der Waals surface area contributed by atoms with Crippen LogP contribution in [0.1, 0.15) is 29.7 Å². The summed E-state index contributed by atoms with van der Waals surface area (Å²) in [6.07, 6.45) is 0.895. The molecule has 3 heterocycles. The SMILES string of the molecule is OCc1ccc(CN2CCC(c3nnc(-c4ccccc4F)o3)C2)o1. The Morgan fingerprint density at radius 1 is 1.12 bits per heavy atom. The van der Waals surface area contributed by atoms with Crippen molar-refractivity contribution in [1.82, 2.24) is 15.1 Å². The Morgan fingerprint density at radius 3 is 2.76 bits per heavy atom. The second-order valence-corrected chi connectivity index (χ2v) is 6.17. The van der Waals surface area contributed by atoms with E-state index in [1.807, 2.05) is 6.07 Å². The van der Waals surface area contributed by atoms with Crippen LogP contribution in [0, 0.1) is 5.82 Å². The molecule has 1 aliphatic heterocycles. The average molecular weight is 343 g/mol. The van der Waals surface area contributed by atoms with E-state index in [2.05, 4.69) is 15.1 Å². The summed E-state index contributed by atoms with van der Waals surface area (Å²) in [5, 5.41) is 17.2. The molecule has 0 amide bonds. The lowest BCUT2D eigenvalue weighted by molar-refractivity contribution is 0.231. The van der Waals surface area contributed by atoms with Crippen molar-refractivity contribution < 1.29 is 18.3 Å². The fourth-order valence-corrected chi connectivity index (χ4v) is 3.13. The van der Waals surface area contributed by atoms with Gasteiger partial charge < -0.3 is 13.9 Å². The van der Waals surface area contributed by atoms with Crippen LogP contribution in [0.15, 0.2) is 45.2 Å². The maximum atomic E-state index is 13.8. The van der Waals surface area contributed by atoms with Crippen LogP contribution in [-0.4, -0.2) is 33.3 Å². The van der Waals surface area contributed by atoms with Gasteiger partial charge in [-0.2, -0.15) is 0 Å². The first kappa shape index (κ1) is 16.0. The fourth-order valence-electron chi connectivity index (χ4n) is 3.13. The number of aromatic nitrogens is 2. The summed E-state index contributed by atoms with van der Waals surface area (Å²) in [5.74, 6) is 1.89. The zero-order chi connectivity index (χ0) is 17.2. The molecule has 1 saturated heterocycles. The van der Waals surface area contributed by atoms with Crippen molar-refractivity contribution in [3.05, 3.63) is 59.6 Å². The molecule has 6 nitrogen and oxygen atoms in total. The predicted molar refractivity (Wildman–Crippen MR) is 87.0 cm³/mol. The molecule has 1 fully saturated rings. The lowest BCUT2D eigenvalue weighted by atomic mass is 10.1. The molecule has 25 heavy (non-hydrogen) atoms. The maximum Gasteiger partial charge on any atom is 0.250 e. The first-order valence-electron chi connectivity index (χ1n) is 8.22. The Bertz CT molecular complexity index is 861. The molecule has 2 aromatic heterocycles. The summed E-state index contributed by atoms with van der Waals surface area (Å²) in [7, 11) is 0. The number of halogens is 1. The van der Waals surface area contributed by atoms with Gasteiger partial charge in [0.1, 0.15) is 23.9 Å². The highest BCUT2D eigenvalue weighted by Crippen LogP contribution is 2.30. The van der Waals surface area contributed by atoms with Crippen LogP contribution in [0.3, 0.4) is 0 Å². The molecule has 1 atom stereocenters. The zero-order valence-corrected chi connectivity index (χ0v) is 13.6. The largest absolute Gasteiger partial charge is 0.462 e. The third kappa shape index (κ3) is 3.33. The second-order valence-electron chi connectivity index (χ2n) is 6.17. The summed E-state index contributed by atoms with van der Waals surface area (Å²) < 4.78 is 25.1. The Morgan fingerprint density at radius 2 is 1.96 bits per heavy atom. The van der Waals surface area contributed by atoms with E-state index in [1.165, 1.54) is 6.07 Å². The fraction of sp³-hybridized carbons (Fsp3) is 0.333. The smallest absolute Gasteiger partial charge is 0.250 e. The third-order valence-electron chi connectivity index (χ3n) is 4.42. The highest BCUT2D eigenvalue weighted by atomic mass is 19.1. The van der Waals surface area contributed by atoms with Gasteiger partial charge in [0, 0.05) is 6.54 Å². The second kappa shape index (κ2) is 6.78. The number of rotatable bonds is 5. The number of likely N-dealkylation sites (tertiary alicyclic amines) is 1. The molecule has 1 aliphatic rings. The van der Waals surface area contributed by atoms with Crippen LogP contribution >= 0.6 is 0 Å². The number of aliphatic hydroxyl groups excluding tert-OH is 1. The zero-order valence-electron chi connectivity index (χ0n) is 13.6. The molecule has 1 unspecified atom stereocenters. The van der Waals surface area contributed by atoms with Gasteiger partial charge in [-0.15, -0.1) is 10.2 Å². The highest BCUT2D eigenvalue weighted by Gasteiger charge is 2.29. The number of nitrogens with zero attached hydrogens (tertiary/aromatic N) is 3. The first-order valence-corrected chi connectivity index (χ1v) is 8.22. The van der Waals surface area contributed by atoms with Gasteiger partial charge in [-0.05, 0) is 37.2 Å². The normalized spacial score (nSPS) is 18.1. The van der Waals surface area contributed by atoms with Crippen molar-refractivity contribution in [3.8, 4) is 11.5 Å². The number of furan rings is 1. The van der Waals surface area contributed by atoms with Gasteiger partial charge in [0.2, 0.25) is 5.89 Å². The van der Waals surface area contributed by atoms with Crippen molar-refractivity contribution in [3.63, 3.8) is 0 Å². The standard InChI is InChI=1S/C18H18FN3O3/c19-16-4-2-1-3-15(16)18-21-20-17(25-18)12-7-8-22(9-12)10-13-5-6-14(11-23)24-13/h1-6,12,23H,7-11H2. The lowest BCUT2D eigenvalue weighted by Crippen LogP contribution is -2.19. The molecule has 0 spiro atoms. The molecule has 0 saturated carbocycles. The number of hydrogen-bond acceptors (Lipinski definition) is 6. The number of benzene rings is 1. The van der Waals surface area contributed by atoms with E-state index in [-0.39, 0.29) is 24.2 Å². The molecular weight excluding hydrogens is 325 g/mol. The lowest BCUT2D eigenvalue weighted by Gasteiger charge is -2.13. The number of aliphatic hydroxyl groups is 1. The summed E-state index contributed by atoms with van der Waals surface area (Å²) in [4.78, 5) is 2.23. The van der Waals surface area contributed by atoms with Crippen LogP contribution in [0.5, 0.6) is 0 Å². The van der Waals surface area contributed by atoms with E-state index < -0.39 is 0 Å². The maximum absolute atomic E-state index is 13.8. The van der Waals surface area contributed by atoms with E-state index in [1.54, 1.807) is 24.3 Å². The van der Waals surface area contributed by atoms with Crippen LogP contribution in [0.4, 0.5) is 4.39 Å². The minimum Gasteiger partial charge on any atom is -0.462 e. The van der Waals surface area contributed by atoms with E-state index >= 15 is 0 Å². The third-order valence-corrected chi connectivity index (χ3v) is 4.42. The van der Waals surface area contributed by atoms with Gasteiger partial charge >= 0.3 is 0 Å². The molecule has 0 radical (unpaired) electrons. The van der Waals surface area contributed by atoms with Crippen LogP contribution in [0.2, 0.25) is 0 Å². The van der Waals surface area contributed by atoms with Crippen molar-refractivity contribution in [2.75, 3.05) is 13.1 Å². The van der Waals surface area contributed by atoms with Crippen LogP contribution in [0.25, 0.3) is 11.5 Å². The van der Waals surface area contributed by atoms with Crippen LogP contribution < -0.4 is 0 Å². The van der Waals surface area contributed by atoms with E-state index in [0.29, 0.717) is 23.8 Å². The van der Waals surface area contributed by atoms with Gasteiger partial charge in [0.25, 0.3) is 5.89 Å².